The summed E-state index contributed by atoms with van der Waals surface area (Å²) >= 11 is 0. The molecule has 6 nitrogen and oxygen atoms in total. The van der Waals surface area contributed by atoms with Gasteiger partial charge in [0.15, 0.2) is 14.7 Å². The Hall–Kier alpha value is -4.36. The van der Waals surface area contributed by atoms with Gasteiger partial charge < -0.3 is 14.2 Å². The Morgan fingerprint density at radius 2 is 0.700 bits per heavy atom. The molecule has 0 atom stereocenters. The van der Waals surface area contributed by atoms with Gasteiger partial charge in [0, 0.05) is 16.7 Å². The van der Waals surface area contributed by atoms with Crippen molar-refractivity contribution in [2.75, 3.05) is 0 Å². The molecule has 0 radical (unpaired) electrons. The van der Waals surface area contributed by atoms with E-state index in [1.165, 1.54) is 0 Å². The second-order valence-corrected chi connectivity index (χ2v) is 10.8. The summed E-state index contributed by atoms with van der Waals surface area (Å²) in [4.78, 5) is 39.5. The molecule has 0 aliphatic carbocycles. The Morgan fingerprint density at radius 1 is 0.475 bits per heavy atom. The minimum atomic E-state index is -0.564. The molecule has 3 aromatic carbocycles. The predicted molar refractivity (Wildman–Crippen MR) is 157 cm³/mol. The molecule has 7 heteroatoms. The van der Waals surface area contributed by atoms with Crippen molar-refractivity contribution in [3.05, 3.63) is 108 Å². The minimum absolute atomic E-state index is 0.397. The predicted octanol–water partition coefficient (Wildman–Crippen LogP) is 7.40. The highest BCUT2D eigenvalue weighted by atomic mass is 32.2. The molecule has 0 saturated carbocycles. The maximum atomic E-state index is 12.2. The summed E-state index contributed by atoms with van der Waals surface area (Å²) < 4.78 is 16.4. The number of hydrogen-bond donors (Lipinski definition) is 0. The first-order chi connectivity index (χ1) is 19.2. The zero-order chi connectivity index (χ0) is 29.2. The highest BCUT2D eigenvalue weighted by molar-refractivity contribution is 7.97. The van der Waals surface area contributed by atoms with Gasteiger partial charge in [-0.15, -0.1) is 0 Å². The number of carbonyl (C=O) groups is 3. The van der Waals surface area contributed by atoms with Crippen LogP contribution in [0.1, 0.15) is 41.5 Å². The Labute approximate surface area is 238 Å². The zero-order valence-electron chi connectivity index (χ0n) is 23.5. The average molecular weight is 558 g/mol. The smallest absolute Gasteiger partial charge is 0.338 e. The monoisotopic (exact) mass is 557 g/mol. The van der Waals surface area contributed by atoms with Crippen LogP contribution in [0.5, 0.6) is 17.2 Å². The van der Waals surface area contributed by atoms with Crippen molar-refractivity contribution in [1.29, 1.82) is 0 Å². The first-order valence-electron chi connectivity index (χ1n) is 12.8. The largest absolute Gasteiger partial charge is 0.423 e. The molecular weight excluding hydrogens is 524 g/mol. The summed E-state index contributed by atoms with van der Waals surface area (Å²) in [6.07, 6.45) is 5.11. The normalized spacial score (nSPS) is 12.2. The third-order valence-corrected chi connectivity index (χ3v) is 8.31. The number of benzene rings is 3. The molecule has 3 rings (SSSR count). The van der Waals surface area contributed by atoms with Crippen molar-refractivity contribution in [3.63, 3.8) is 0 Å². The zero-order valence-corrected chi connectivity index (χ0v) is 24.3. The van der Waals surface area contributed by atoms with Crippen LogP contribution in [0.25, 0.3) is 0 Å². The molecule has 3 aromatic rings. The maximum Gasteiger partial charge on any atom is 0.338 e. The molecule has 0 aliphatic rings. The highest BCUT2D eigenvalue weighted by Gasteiger charge is 2.29. The molecule has 0 amide bonds. The molecule has 0 aliphatic heterocycles. The van der Waals surface area contributed by atoms with Crippen LogP contribution < -0.4 is 14.2 Å². The minimum Gasteiger partial charge on any atom is -0.423 e. The Kier molecular flexibility index (Phi) is 10.7. The van der Waals surface area contributed by atoms with Gasteiger partial charge in [0.25, 0.3) is 0 Å². The van der Waals surface area contributed by atoms with Crippen LogP contribution in [0, 0.1) is 0 Å². The molecule has 0 unspecified atom stereocenters. The molecular formula is C33H33O6S+. The third-order valence-electron chi connectivity index (χ3n) is 6.07. The van der Waals surface area contributed by atoms with E-state index in [1.54, 1.807) is 96.2 Å². The lowest BCUT2D eigenvalue weighted by Gasteiger charge is -2.11. The maximum absolute atomic E-state index is 12.2. The fourth-order valence-corrected chi connectivity index (χ4v) is 5.30. The molecule has 0 bridgehead atoms. The number of esters is 3. The number of carbonyl (C=O) groups excluding carboxylic acids is 3. The lowest BCUT2D eigenvalue weighted by atomic mass is 10.3. The van der Waals surface area contributed by atoms with Crippen molar-refractivity contribution < 1.29 is 28.6 Å². The summed E-state index contributed by atoms with van der Waals surface area (Å²) in [5.74, 6) is 0.146. The van der Waals surface area contributed by atoms with E-state index in [0.717, 1.165) is 14.7 Å². The topological polar surface area (TPSA) is 78.9 Å². The standard InChI is InChI=1S/C33H33O6S/c1-7-22(4)31(34)37-25-10-16-28(17-11-25)40(29-18-12-26(13-19-29)38-32(35)23(5)8-2)30-20-14-27(15-21-30)39-33(36)24(6)9-3/h7-21H,1-6H3/q+1/b22-7+,23-8+,24-9+. The molecule has 206 valence electrons. The first-order valence-corrected chi connectivity index (χ1v) is 14.0. The van der Waals surface area contributed by atoms with Crippen LogP contribution in [0.15, 0.2) is 122 Å². The lowest BCUT2D eigenvalue weighted by Crippen LogP contribution is -2.10. The molecule has 0 N–H and O–H groups in total. The first kappa shape index (κ1) is 30.2. The van der Waals surface area contributed by atoms with Gasteiger partial charge in [0.05, 0.1) is 10.9 Å². The van der Waals surface area contributed by atoms with Gasteiger partial charge in [-0.2, -0.15) is 0 Å². The SMILES string of the molecule is C/C=C(\C)C(=O)Oc1ccc([S+](c2ccc(OC(=O)/C(C)=C/C)cc2)c2ccc(OC(=O)/C(C)=C/C)cc2)cc1. The highest BCUT2D eigenvalue weighted by Crippen LogP contribution is 2.34. The Balaban J connectivity index is 1.94. The quantitative estimate of drug-likeness (QED) is 0.118. The van der Waals surface area contributed by atoms with Crippen LogP contribution >= 0.6 is 0 Å². The Morgan fingerprint density at radius 3 is 0.900 bits per heavy atom. The van der Waals surface area contributed by atoms with Crippen molar-refractivity contribution in [2.24, 2.45) is 0 Å². The summed E-state index contributed by atoms with van der Waals surface area (Å²) in [7, 11) is -0.564. The molecule has 40 heavy (non-hydrogen) atoms. The number of rotatable bonds is 9. The van der Waals surface area contributed by atoms with E-state index in [0.29, 0.717) is 34.0 Å². The number of allylic oxidation sites excluding steroid dienone is 3. The summed E-state index contributed by atoms with van der Waals surface area (Å²) in [6.45, 7) is 10.5. The molecule has 0 spiro atoms. The molecule has 0 aromatic heterocycles. The van der Waals surface area contributed by atoms with Gasteiger partial charge in [-0.1, -0.05) is 18.2 Å². The van der Waals surface area contributed by atoms with Crippen LogP contribution in [-0.4, -0.2) is 17.9 Å². The van der Waals surface area contributed by atoms with Crippen molar-refractivity contribution in [2.45, 2.75) is 56.2 Å². The van der Waals surface area contributed by atoms with Gasteiger partial charge in [0.2, 0.25) is 0 Å². The summed E-state index contributed by atoms with van der Waals surface area (Å²) in [5.41, 5.74) is 1.58. The van der Waals surface area contributed by atoms with Crippen LogP contribution in [-0.2, 0) is 25.3 Å². The van der Waals surface area contributed by atoms with Gasteiger partial charge in [-0.3, -0.25) is 0 Å². The van der Waals surface area contributed by atoms with Crippen molar-refractivity contribution in [1.82, 2.24) is 0 Å². The van der Waals surface area contributed by atoms with Crippen molar-refractivity contribution >= 4 is 28.8 Å². The van der Waals surface area contributed by atoms with Gasteiger partial charge in [0.1, 0.15) is 17.2 Å². The van der Waals surface area contributed by atoms with Gasteiger partial charge in [-0.25, -0.2) is 14.4 Å². The third kappa shape index (κ3) is 7.83. The van der Waals surface area contributed by atoms with E-state index >= 15 is 0 Å². The van der Waals surface area contributed by atoms with Gasteiger partial charge in [-0.05, 0) is 114 Å². The fourth-order valence-electron chi connectivity index (χ4n) is 3.26. The van der Waals surface area contributed by atoms with Crippen molar-refractivity contribution in [3.8, 4) is 17.2 Å². The average Bonchev–Trinajstić information content (AvgIpc) is 2.98. The second-order valence-electron chi connectivity index (χ2n) is 8.80. The molecule has 0 heterocycles. The summed E-state index contributed by atoms with van der Waals surface area (Å²) in [5, 5.41) is 0. The fraction of sp³-hybridized carbons (Fsp3) is 0.182. The Bertz CT molecular complexity index is 1270. The number of ether oxygens (including phenoxy) is 3. The summed E-state index contributed by atoms with van der Waals surface area (Å²) in [6, 6.07) is 22.1. The van der Waals surface area contributed by atoms with E-state index in [4.69, 9.17) is 14.2 Å². The second kappa shape index (κ2) is 14.1. The van der Waals surface area contributed by atoms with Crippen LogP contribution in [0.3, 0.4) is 0 Å². The van der Waals surface area contributed by atoms with Gasteiger partial charge >= 0.3 is 17.9 Å². The van der Waals surface area contributed by atoms with E-state index in [2.05, 4.69) is 0 Å². The number of hydrogen-bond acceptors (Lipinski definition) is 6. The molecule has 0 fully saturated rings. The lowest BCUT2D eigenvalue weighted by molar-refractivity contribution is -0.131. The van der Waals surface area contributed by atoms with Crippen LogP contribution in [0.2, 0.25) is 0 Å². The molecule has 0 saturated heterocycles. The van der Waals surface area contributed by atoms with Crippen LogP contribution in [0.4, 0.5) is 0 Å². The van der Waals surface area contributed by atoms with E-state index in [1.807, 2.05) is 36.4 Å². The van der Waals surface area contributed by atoms with E-state index in [-0.39, 0.29) is 0 Å². The van der Waals surface area contributed by atoms with E-state index < -0.39 is 28.8 Å². The van der Waals surface area contributed by atoms with E-state index in [9.17, 15) is 14.4 Å².